The van der Waals surface area contributed by atoms with Crippen LogP contribution in [0.3, 0.4) is 0 Å². The summed E-state index contributed by atoms with van der Waals surface area (Å²) in [6, 6.07) is 14.0. The van der Waals surface area contributed by atoms with E-state index in [0.29, 0.717) is 22.9 Å². The van der Waals surface area contributed by atoms with Crippen molar-refractivity contribution in [3.8, 4) is 0 Å². The Morgan fingerprint density at radius 1 is 1.12 bits per heavy atom. The minimum Gasteiger partial charge on any atom is -0.345 e. The maximum Gasteiger partial charge on any atom is 0.253 e. The second-order valence-electron chi connectivity index (χ2n) is 8.22. The van der Waals surface area contributed by atoms with Crippen LogP contribution in [0.15, 0.2) is 53.7 Å². The van der Waals surface area contributed by atoms with Gasteiger partial charge in [-0.05, 0) is 67.3 Å². The molecule has 2 aromatic carbocycles. The molecule has 8 heteroatoms. The summed E-state index contributed by atoms with van der Waals surface area (Å²) in [4.78, 5) is 22.0. The lowest BCUT2D eigenvalue weighted by molar-refractivity contribution is -0.121. The summed E-state index contributed by atoms with van der Waals surface area (Å²) in [6.45, 7) is 6.00. The van der Waals surface area contributed by atoms with Gasteiger partial charge < -0.3 is 5.32 Å². The number of hydrogen-bond acceptors (Lipinski definition) is 5. The molecule has 0 fully saturated rings. The molecule has 1 atom stereocenters. The van der Waals surface area contributed by atoms with Crippen LogP contribution in [0.2, 0.25) is 0 Å². The minimum absolute atomic E-state index is 0.115. The van der Waals surface area contributed by atoms with E-state index in [1.165, 1.54) is 29.5 Å². The number of halogens is 1. The number of rotatable bonds is 8. The summed E-state index contributed by atoms with van der Waals surface area (Å²) < 4.78 is 15.7. The van der Waals surface area contributed by atoms with Crippen molar-refractivity contribution in [1.82, 2.24) is 24.9 Å². The average Bonchev–Trinajstić information content (AvgIpc) is 3.26. The van der Waals surface area contributed by atoms with Crippen molar-refractivity contribution in [2.45, 2.75) is 51.2 Å². The molecule has 176 valence electrons. The molecule has 0 saturated carbocycles. The summed E-state index contributed by atoms with van der Waals surface area (Å²) in [5.74, 6) is 0.121. The molecule has 0 aliphatic rings. The van der Waals surface area contributed by atoms with Gasteiger partial charge in [-0.3, -0.25) is 4.79 Å². The predicted molar refractivity (Wildman–Crippen MR) is 133 cm³/mol. The second-order valence-corrected chi connectivity index (χ2v) is 9.00. The first kappa shape index (κ1) is 23.9. The fraction of sp³-hybridized carbons (Fsp3) is 0.308. The smallest absolute Gasteiger partial charge is 0.253 e. The van der Waals surface area contributed by atoms with Crippen LogP contribution in [0.1, 0.15) is 53.0 Å². The fourth-order valence-electron chi connectivity index (χ4n) is 4.10. The van der Waals surface area contributed by atoms with E-state index in [2.05, 4.69) is 27.3 Å². The van der Waals surface area contributed by atoms with E-state index in [0.717, 1.165) is 28.9 Å². The van der Waals surface area contributed by atoms with Gasteiger partial charge in [-0.1, -0.05) is 55.1 Å². The van der Waals surface area contributed by atoms with Gasteiger partial charge in [0.25, 0.3) is 5.78 Å². The number of amides is 1. The van der Waals surface area contributed by atoms with E-state index in [-0.39, 0.29) is 18.1 Å². The molecule has 0 bridgehead atoms. The highest BCUT2D eigenvalue weighted by molar-refractivity contribution is 7.98. The highest BCUT2D eigenvalue weighted by Gasteiger charge is 2.19. The molecule has 0 aliphatic heterocycles. The molecule has 0 spiro atoms. The SMILES string of the molecule is CCc1ccc(C(NC(=O)CCc2c(C)nc3nc(SC)nn3c2C)c2cccc(F)c2)cc1. The first-order chi connectivity index (χ1) is 16.4. The highest BCUT2D eigenvalue weighted by atomic mass is 32.2. The number of thioether (sulfide) groups is 1. The van der Waals surface area contributed by atoms with Crippen LogP contribution in [-0.2, 0) is 17.6 Å². The Bertz CT molecular complexity index is 1320. The van der Waals surface area contributed by atoms with Crippen LogP contribution >= 0.6 is 11.8 Å². The van der Waals surface area contributed by atoms with E-state index >= 15 is 0 Å². The van der Waals surface area contributed by atoms with Crippen LogP contribution < -0.4 is 5.32 Å². The van der Waals surface area contributed by atoms with Gasteiger partial charge in [0, 0.05) is 17.8 Å². The molecule has 4 rings (SSSR count). The second kappa shape index (κ2) is 10.3. The quantitative estimate of drug-likeness (QED) is 0.362. The number of nitrogens with one attached hydrogen (secondary N) is 1. The molecule has 4 aromatic rings. The van der Waals surface area contributed by atoms with Gasteiger partial charge in [-0.15, -0.1) is 5.10 Å². The monoisotopic (exact) mass is 477 g/mol. The molecule has 1 unspecified atom stereocenters. The van der Waals surface area contributed by atoms with Crippen LogP contribution in [0.25, 0.3) is 5.78 Å². The molecule has 1 N–H and O–H groups in total. The third-order valence-corrected chi connectivity index (χ3v) is 6.56. The number of fused-ring (bicyclic) bond motifs is 1. The summed E-state index contributed by atoms with van der Waals surface area (Å²) >= 11 is 1.47. The van der Waals surface area contributed by atoms with E-state index in [9.17, 15) is 9.18 Å². The van der Waals surface area contributed by atoms with Gasteiger partial charge in [-0.2, -0.15) is 4.98 Å². The third kappa shape index (κ3) is 5.12. The first-order valence-electron chi connectivity index (χ1n) is 11.3. The molecule has 0 aliphatic carbocycles. The van der Waals surface area contributed by atoms with Gasteiger partial charge in [0.1, 0.15) is 5.82 Å². The lowest BCUT2D eigenvalue weighted by Crippen LogP contribution is -2.29. The maximum absolute atomic E-state index is 14.0. The van der Waals surface area contributed by atoms with E-state index in [4.69, 9.17) is 0 Å². The van der Waals surface area contributed by atoms with Crippen LogP contribution in [-0.4, -0.2) is 31.7 Å². The summed E-state index contributed by atoms with van der Waals surface area (Å²) in [7, 11) is 0. The van der Waals surface area contributed by atoms with Crippen molar-refractivity contribution in [1.29, 1.82) is 0 Å². The van der Waals surface area contributed by atoms with Crippen molar-refractivity contribution in [2.24, 2.45) is 0 Å². The Balaban J connectivity index is 1.55. The van der Waals surface area contributed by atoms with Crippen molar-refractivity contribution in [3.63, 3.8) is 0 Å². The van der Waals surface area contributed by atoms with E-state index in [1.54, 1.807) is 10.6 Å². The number of carbonyl (C=O) groups excluding carboxylic acids is 1. The number of nitrogens with zero attached hydrogens (tertiary/aromatic N) is 4. The topological polar surface area (TPSA) is 72.2 Å². The van der Waals surface area contributed by atoms with Crippen LogP contribution in [0.5, 0.6) is 0 Å². The molecule has 0 saturated heterocycles. The van der Waals surface area contributed by atoms with Crippen LogP contribution in [0.4, 0.5) is 4.39 Å². The molecule has 1 amide bonds. The minimum atomic E-state index is -0.434. The normalized spacial score (nSPS) is 12.1. The van der Waals surface area contributed by atoms with Crippen molar-refractivity contribution in [2.75, 3.05) is 6.26 Å². The largest absolute Gasteiger partial charge is 0.345 e. The lowest BCUT2D eigenvalue weighted by atomic mass is 9.96. The highest BCUT2D eigenvalue weighted by Crippen LogP contribution is 2.24. The number of hydrogen-bond donors (Lipinski definition) is 1. The van der Waals surface area contributed by atoms with Crippen molar-refractivity contribution >= 4 is 23.4 Å². The standard InChI is InChI=1S/C26H28FN5OS/c1-5-18-9-11-19(12-10-18)24(20-7-6-8-21(27)15-20)29-23(33)14-13-22-16(2)28-25-30-26(34-4)31-32(25)17(22)3/h6-12,15,24H,5,13-14H2,1-4H3,(H,29,33). The van der Waals surface area contributed by atoms with E-state index < -0.39 is 6.04 Å². The van der Waals surface area contributed by atoms with Gasteiger partial charge in [0.2, 0.25) is 11.1 Å². The zero-order chi connectivity index (χ0) is 24.2. The predicted octanol–water partition coefficient (Wildman–Crippen LogP) is 5.00. The third-order valence-electron chi connectivity index (χ3n) is 6.02. The average molecular weight is 478 g/mol. The number of aryl methyl sites for hydroxylation is 3. The molecule has 2 aromatic heterocycles. The molecule has 0 radical (unpaired) electrons. The van der Waals surface area contributed by atoms with Gasteiger partial charge in [-0.25, -0.2) is 13.9 Å². The maximum atomic E-state index is 14.0. The van der Waals surface area contributed by atoms with E-state index in [1.807, 2.05) is 50.4 Å². The first-order valence-corrected chi connectivity index (χ1v) is 12.5. The molecule has 2 heterocycles. The molecule has 6 nitrogen and oxygen atoms in total. The summed E-state index contributed by atoms with van der Waals surface area (Å²) in [5.41, 5.74) is 5.59. The van der Waals surface area contributed by atoms with Crippen molar-refractivity contribution in [3.05, 3.63) is 88.0 Å². The number of aromatic nitrogens is 4. The Kier molecular flexibility index (Phi) is 7.26. The molecular weight excluding hydrogens is 449 g/mol. The fourth-order valence-corrected chi connectivity index (χ4v) is 4.44. The Morgan fingerprint density at radius 3 is 2.56 bits per heavy atom. The Labute approximate surface area is 203 Å². The lowest BCUT2D eigenvalue weighted by Gasteiger charge is -2.21. The zero-order valence-electron chi connectivity index (χ0n) is 19.8. The Morgan fingerprint density at radius 2 is 1.88 bits per heavy atom. The van der Waals surface area contributed by atoms with Gasteiger partial charge >= 0.3 is 0 Å². The van der Waals surface area contributed by atoms with Crippen molar-refractivity contribution < 1.29 is 9.18 Å². The van der Waals surface area contributed by atoms with Gasteiger partial charge in [0.15, 0.2) is 0 Å². The molecular formula is C26H28FN5OS. The summed E-state index contributed by atoms with van der Waals surface area (Å²) in [5, 5.41) is 8.25. The summed E-state index contributed by atoms with van der Waals surface area (Å²) in [6.07, 6.45) is 3.65. The number of carbonyl (C=O) groups is 1. The zero-order valence-corrected chi connectivity index (χ0v) is 20.6. The number of benzene rings is 2. The molecule has 34 heavy (non-hydrogen) atoms. The Hall–Kier alpha value is -3.26. The van der Waals surface area contributed by atoms with Crippen LogP contribution in [0, 0.1) is 19.7 Å². The van der Waals surface area contributed by atoms with Gasteiger partial charge in [0.05, 0.1) is 6.04 Å².